The van der Waals surface area contributed by atoms with E-state index in [1.165, 1.54) is 0 Å². The molecular formula is C22H36N2O8. The minimum Gasteiger partial charge on any atom is -0.465 e. The van der Waals surface area contributed by atoms with Gasteiger partial charge in [0.1, 0.15) is 6.61 Å². The van der Waals surface area contributed by atoms with Crippen molar-refractivity contribution in [2.75, 3.05) is 79.1 Å². The molecule has 2 N–H and O–H groups in total. The normalized spacial score (nSPS) is 10.7. The highest BCUT2D eigenvalue weighted by molar-refractivity contribution is 5.71. The van der Waals surface area contributed by atoms with Gasteiger partial charge >= 0.3 is 12.1 Å². The van der Waals surface area contributed by atoms with E-state index in [-0.39, 0.29) is 19.1 Å². The number of hydrogen-bond donors (Lipinski definition) is 2. The molecule has 0 saturated heterocycles. The average molecular weight is 457 g/mol. The molecule has 10 heteroatoms. The second-order valence-electron chi connectivity index (χ2n) is 6.42. The highest BCUT2D eigenvalue weighted by Gasteiger charge is 2.02. The first-order chi connectivity index (χ1) is 15.7. The molecule has 0 atom stereocenters. The first kappa shape index (κ1) is 27.8. The molecular weight excluding hydrogens is 420 g/mol. The maximum atomic E-state index is 11.6. The van der Waals surface area contributed by atoms with Crippen molar-refractivity contribution in [2.24, 2.45) is 0 Å². The Morgan fingerprint density at radius 2 is 1.31 bits per heavy atom. The number of amides is 1. The van der Waals surface area contributed by atoms with Crippen molar-refractivity contribution in [1.82, 2.24) is 10.6 Å². The SMILES string of the molecule is CCOC(=O)CNCCOCCOCCOCCOCCNC(=O)OCc1ccccc1. The van der Waals surface area contributed by atoms with Crippen molar-refractivity contribution < 1.29 is 38.0 Å². The van der Waals surface area contributed by atoms with Gasteiger partial charge in [0, 0.05) is 13.1 Å². The largest absolute Gasteiger partial charge is 0.465 e. The summed E-state index contributed by atoms with van der Waals surface area (Å²) >= 11 is 0. The molecule has 0 fully saturated rings. The number of alkyl carbamates (subject to hydrolysis) is 1. The van der Waals surface area contributed by atoms with E-state index in [0.29, 0.717) is 72.6 Å². The molecule has 1 aromatic carbocycles. The Labute approximate surface area is 189 Å². The number of esters is 1. The Hall–Kier alpha value is -2.24. The van der Waals surface area contributed by atoms with E-state index < -0.39 is 6.09 Å². The van der Waals surface area contributed by atoms with E-state index in [9.17, 15) is 9.59 Å². The lowest BCUT2D eigenvalue weighted by Gasteiger charge is -2.09. The van der Waals surface area contributed by atoms with Crippen LogP contribution in [0.1, 0.15) is 12.5 Å². The highest BCUT2D eigenvalue weighted by Crippen LogP contribution is 2.00. The monoisotopic (exact) mass is 456 g/mol. The minimum absolute atomic E-state index is 0.187. The molecule has 1 aromatic rings. The first-order valence-electron chi connectivity index (χ1n) is 10.8. The van der Waals surface area contributed by atoms with Crippen LogP contribution in [0.2, 0.25) is 0 Å². The van der Waals surface area contributed by atoms with Crippen LogP contribution in [0.5, 0.6) is 0 Å². The fourth-order valence-corrected chi connectivity index (χ4v) is 2.31. The first-order valence-corrected chi connectivity index (χ1v) is 10.8. The van der Waals surface area contributed by atoms with Crippen LogP contribution >= 0.6 is 0 Å². The second-order valence-corrected chi connectivity index (χ2v) is 6.42. The molecule has 0 aliphatic carbocycles. The molecule has 182 valence electrons. The summed E-state index contributed by atoms with van der Waals surface area (Å²) in [6, 6.07) is 9.49. The molecule has 0 bridgehead atoms. The van der Waals surface area contributed by atoms with Crippen molar-refractivity contribution in [3.8, 4) is 0 Å². The van der Waals surface area contributed by atoms with Crippen molar-refractivity contribution in [2.45, 2.75) is 13.5 Å². The van der Waals surface area contributed by atoms with E-state index in [2.05, 4.69) is 10.6 Å². The van der Waals surface area contributed by atoms with Crippen LogP contribution in [-0.4, -0.2) is 91.2 Å². The third-order valence-corrected chi connectivity index (χ3v) is 3.84. The van der Waals surface area contributed by atoms with Gasteiger partial charge in [0.2, 0.25) is 0 Å². The van der Waals surface area contributed by atoms with Gasteiger partial charge in [-0.1, -0.05) is 30.3 Å². The lowest BCUT2D eigenvalue weighted by molar-refractivity contribution is -0.142. The fourth-order valence-electron chi connectivity index (χ4n) is 2.31. The van der Waals surface area contributed by atoms with Gasteiger partial charge in [-0.25, -0.2) is 4.79 Å². The quantitative estimate of drug-likeness (QED) is 0.220. The molecule has 0 spiro atoms. The van der Waals surface area contributed by atoms with Crippen LogP contribution < -0.4 is 10.6 Å². The fraction of sp³-hybridized carbons (Fsp3) is 0.636. The number of carbonyl (C=O) groups is 2. The van der Waals surface area contributed by atoms with Gasteiger partial charge in [-0.3, -0.25) is 4.79 Å². The molecule has 0 unspecified atom stereocenters. The van der Waals surface area contributed by atoms with Crippen molar-refractivity contribution in [3.05, 3.63) is 35.9 Å². The van der Waals surface area contributed by atoms with Gasteiger partial charge in [-0.2, -0.15) is 0 Å². The van der Waals surface area contributed by atoms with Gasteiger partial charge < -0.3 is 39.1 Å². The molecule has 0 radical (unpaired) electrons. The summed E-state index contributed by atoms with van der Waals surface area (Å²) in [5.74, 6) is -0.267. The van der Waals surface area contributed by atoms with Gasteiger partial charge in [-0.05, 0) is 12.5 Å². The number of rotatable bonds is 20. The van der Waals surface area contributed by atoms with E-state index >= 15 is 0 Å². The summed E-state index contributed by atoms with van der Waals surface area (Å²) in [7, 11) is 0. The average Bonchev–Trinajstić information content (AvgIpc) is 2.80. The standard InChI is InChI=1S/C22H36N2O8/c1-2-31-21(25)18-23-8-10-27-12-14-29-16-17-30-15-13-28-11-9-24-22(26)32-19-20-6-4-3-5-7-20/h3-7,23H,2,8-19H2,1H3,(H,24,26). The summed E-state index contributed by atoms with van der Waals surface area (Å²) in [6.07, 6.45) is -0.470. The number of carbonyl (C=O) groups excluding carboxylic acids is 2. The van der Waals surface area contributed by atoms with Crippen LogP contribution in [0.4, 0.5) is 4.79 Å². The topological polar surface area (TPSA) is 114 Å². The predicted molar refractivity (Wildman–Crippen MR) is 117 cm³/mol. The lowest BCUT2D eigenvalue weighted by Crippen LogP contribution is -2.28. The summed E-state index contributed by atoms with van der Waals surface area (Å²) in [6.45, 7) is 7.18. The van der Waals surface area contributed by atoms with Crippen molar-refractivity contribution in [1.29, 1.82) is 0 Å². The molecule has 32 heavy (non-hydrogen) atoms. The van der Waals surface area contributed by atoms with Crippen LogP contribution in [-0.2, 0) is 39.8 Å². The molecule has 0 saturated carbocycles. The van der Waals surface area contributed by atoms with Crippen molar-refractivity contribution in [3.63, 3.8) is 0 Å². The van der Waals surface area contributed by atoms with Gasteiger partial charge in [0.15, 0.2) is 0 Å². The maximum Gasteiger partial charge on any atom is 0.407 e. The maximum absolute atomic E-state index is 11.6. The predicted octanol–water partition coefficient (Wildman–Crippen LogP) is 1.13. The number of hydrogen-bond acceptors (Lipinski definition) is 9. The third-order valence-electron chi connectivity index (χ3n) is 3.84. The Kier molecular flexibility index (Phi) is 17.9. The van der Waals surface area contributed by atoms with Crippen LogP contribution in [0, 0.1) is 0 Å². The summed E-state index contributed by atoms with van der Waals surface area (Å²) in [4.78, 5) is 22.6. The number of benzene rings is 1. The molecule has 0 heterocycles. The van der Waals surface area contributed by atoms with E-state index in [4.69, 9.17) is 28.4 Å². The zero-order valence-electron chi connectivity index (χ0n) is 18.8. The highest BCUT2D eigenvalue weighted by atomic mass is 16.6. The van der Waals surface area contributed by atoms with Crippen LogP contribution in [0.15, 0.2) is 30.3 Å². The van der Waals surface area contributed by atoms with Crippen LogP contribution in [0.3, 0.4) is 0 Å². The molecule has 0 aromatic heterocycles. The smallest absolute Gasteiger partial charge is 0.407 e. The van der Waals surface area contributed by atoms with E-state index in [0.717, 1.165) is 5.56 Å². The van der Waals surface area contributed by atoms with Gasteiger partial charge in [0.05, 0.1) is 66.0 Å². The zero-order valence-corrected chi connectivity index (χ0v) is 18.8. The number of nitrogens with one attached hydrogen (secondary N) is 2. The Morgan fingerprint density at radius 1 is 0.750 bits per heavy atom. The van der Waals surface area contributed by atoms with Crippen LogP contribution in [0.25, 0.3) is 0 Å². The van der Waals surface area contributed by atoms with Crippen molar-refractivity contribution >= 4 is 12.1 Å². The van der Waals surface area contributed by atoms with Gasteiger partial charge in [0.25, 0.3) is 0 Å². The number of ether oxygens (including phenoxy) is 6. The summed E-state index contributed by atoms with van der Waals surface area (Å²) in [5.41, 5.74) is 0.938. The lowest BCUT2D eigenvalue weighted by atomic mass is 10.2. The molecule has 10 nitrogen and oxygen atoms in total. The Balaban J connectivity index is 1.74. The zero-order chi connectivity index (χ0) is 23.1. The van der Waals surface area contributed by atoms with E-state index in [1.807, 2.05) is 30.3 Å². The Bertz CT molecular complexity index is 589. The molecule has 1 amide bonds. The second kappa shape index (κ2) is 20.7. The third kappa shape index (κ3) is 17.4. The Morgan fingerprint density at radius 3 is 1.91 bits per heavy atom. The molecule has 1 rings (SSSR count). The molecule has 0 aliphatic heterocycles. The summed E-state index contributed by atoms with van der Waals surface area (Å²) in [5, 5.41) is 5.56. The molecule has 0 aliphatic rings. The van der Waals surface area contributed by atoms with E-state index in [1.54, 1.807) is 6.92 Å². The minimum atomic E-state index is -0.470. The summed E-state index contributed by atoms with van der Waals surface area (Å²) < 4.78 is 31.4. The van der Waals surface area contributed by atoms with Gasteiger partial charge in [-0.15, -0.1) is 0 Å².